The number of hydrogen-bond donors (Lipinski definition) is 1. The molecule has 1 N–H and O–H groups in total. The molecule has 0 heterocycles. The lowest BCUT2D eigenvalue weighted by Gasteiger charge is -2.62. The second-order valence-corrected chi connectivity index (χ2v) is 14.6. The molecule has 5 fully saturated rings. The molecule has 32 heavy (non-hydrogen) atoms. The molecule has 11 unspecified atom stereocenters. The minimum atomic E-state index is -0.0289. The lowest BCUT2D eigenvalue weighted by Crippen LogP contribution is -2.55. The Hall–Kier alpha value is -0.0400. The highest BCUT2D eigenvalue weighted by atomic mass is 16.3. The van der Waals surface area contributed by atoms with E-state index in [1.165, 1.54) is 70.6 Å². The van der Waals surface area contributed by atoms with Crippen molar-refractivity contribution in [3.05, 3.63) is 0 Å². The Kier molecular flexibility index (Phi) is 5.72. The molecule has 1 nitrogen and oxygen atoms in total. The average molecular weight is 443 g/mol. The smallest absolute Gasteiger partial charge is 0.0568 e. The topological polar surface area (TPSA) is 20.2 Å². The van der Waals surface area contributed by atoms with Gasteiger partial charge in [0.05, 0.1) is 6.10 Å². The van der Waals surface area contributed by atoms with E-state index in [1.54, 1.807) is 0 Å². The van der Waals surface area contributed by atoms with Crippen LogP contribution < -0.4 is 0 Å². The van der Waals surface area contributed by atoms with Crippen molar-refractivity contribution >= 4 is 0 Å². The molecule has 0 aliphatic heterocycles. The van der Waals surface area contributed by atoms with Gasteiger partial charge in [0.2, 0.25) is 0 Å². The van der Waals surface area contributed by atoms with Gasteiger partial charge in [-0.2, -0.15) is 0 Å². The van der Waals surface area contributed by atoms with Crippen LogP contribution in [0, 0.1) is 63.1 Å². The highest BCUT2D eigenvalue weighted by Gasteiger charge is 2.81. The van der Waals surface area contributed by atoms with Gasteiger partial charge in [-0.05, 0) is 127 Å². The van der Waals surface area contributed by atoms with E-state index in [4.69, 9.17) is 0 Å². The van der Waals surface area contributed by atoms with Gasteiger partial charge in [-0.1, -0.05) is 61.3 Å². The summed E-state index contributed by atoms with van der Waals surface area (Å²) in [7, 11) is 0. The molecule has 184 valence electrons. The van der Waals surface area contributed by atoms with Gasteiger partial charge in [0.25, 0.3) is 0 Å². The molecular weight excluding hydrogens is 388 g/mol. The van der Waals surface area contributed by atoms with Gasteiger partial charge in [-0.15, -0.1) is 0 Å². The molecule has 5 saturated carbocycles. The zero-order chi connectivity index (χ0) is 23.1. The summed E-state index contributed by atoms with van der Waals surface area (Å²) in [4.78, 5) is 0. The highest BCUT2D eigenvalue weighted by Crippen LogP contribution is 2.88. The Morgan fingerprint density at radius 3 is 2.28 bits per heavy atom. The zero-order valence-electron chi connectivity index (χ0n) is 22.6. The first-order chi connectivity index (χ1) is 15.1. The molecular formula is C31H54O. The molecule has 5 aliphatic rings. The largest absolute Gasteiger partial charge is 0.393 e. The van der Waals surface area contributed by atoms with Gasteiger partial charge in [0, 0.05) is 0 Å². The first-order valence-electron chi connectivity index (χ1n) is 14.7. The second-order valence-electron chi connectivity index (χ2n) is 14.6. The molecule has 0 saturated heterocycles. The van der Waals surface area contributed by atoms with E-state index < -0.39 is 0 Å². The maximum atomic E-state index is 10.6. The molecule has 0 amide bonds. The summed E-state index contributed by atoms with van der Waals surface area (Å²) in [5, 5.41) is 10.6. The van der Waals surface area contributed by atoms with E-state index in [2.05, 4.69) is 48.5 Å². The maximum Gasteiger partial charge on any atom is 0.0568 e. The van der Waals surface area contributed by atoms with E-state index in [-0.39, 0.29) is 6.10 Å². The first-order valence-corrected chi connectivity index (χ1v) is 14.7. The Morgan fingerprint density at radius 1 is 0.844 bits per heavy atom. The molecule has 1 heteroatoms. The Labute approximate surface area is 199 Å². The van der Waals surface area contributed by atoms with Crippen molar-refractivity contribution in [2.75, 3.05) is 0 Å². The summed E-state index contributed by atoms with van der Waals surface area (Å²) in [6.07, 6.45) is 17.0. The van der Waals surface area contributed by atoms with Gasteiger partial charge in [0.1, 0.15) is 0 Å². The van der Waals surface area contributed by atoms with Crippen LogP contribution in [0.5, 0.6) is 0 Å². The van der Waals surface area contributed by atoms with Gasteiger partial charge in [-0.3, -0.25) is 0 Å². The summed E-state index contributed by atoms with van der Waals surface area (Å²) in [5.74, 6) is 5.89. The Balaban J connectivity index is 1.35. The summed E-state index contributed by atoms with van der Waals surface area (Å²) in [6.45, 7) is 17.8. The number of hydrogen-bond acceptors (Lipinski definition) is 1. The molecule has 0 radical (unpaired) electrons. The van der Waals surface area contributed by atoms with Crippen LogP contribution in [-0.4, -0.2) is 11.2 Å². The third-order valence-corrected chi connectivity index (χ3v) is 13.9. The molecule has 0 aromatic rings. The summed E-state index contributed by atoms with van der Waals surface area (Å²) in [6, 6.07) is 0. The normalized spacial score (nSPS) is 53.7. The average Bonchev–Trinajstić information content (AvgIpc) is 3.33. The fraction of sp³-hybridized carbons (Fsp3) is 1.00. The fourth-order valence-corrected chi connectivity index (χ4v) is 11.7. The molecule has 5 rings (SSSR count). The van der Waals surface area contributed by atoms with Crippen LogP contribution >= 0.6 is 0 Å². The maximum absolute atomic E-state index is 10.6. The SMILES string of the molecule is CCC(CCC(C)C1CCC2(C)C3CCC4C(C)C(O)CCC45CC35CCC12C)C(C)C. The van der Waals surface area contributed by atoms with Crippen LogP contribution in [0.3, 0.4) is 0 Å². The predicted octanol–water partition coefficient (Wildman–Crippen LogP) is 8.49. The lowest BCUT2D eigenvalue weighted by molar-refractivity contribution is -0.143. The van der Waals surface area contributed by atoms with Crippen LogP contribution in [0.2, 0.25) is 0 Å². The van der Waals surface area contributed by atoms with Crippen LogP contribution in [-0.2, 0) is 0 Å². The summed E-state index contributed by atoms with van der Waals surface area (Å²) >= 11 is 0. The molecule has 0 aromatic carbocycles. The van der Waals surface area contributed by atoms with Crippen molar-refractivity contribution in [3.63, 3.8) is 0 Å². The summed E-state index contributed by atoms with van der Waals surface area (Å²) in [5.41, 5.74) is 2.38. The van der Waals surface area contributed by atoms with Crippen molar-refractivity contribution in [3.8, 4) is 0 Å². The van der Waals surface area contributed by atoms with Gasteiger partial charge in [-0.25, -0.2) is 0 Å². The van der Waals surface area contributed by atoms with Crippen molar-refractivity contribution in [2.45, 2.75) is 132 Å². The van der Waals surface area contributed by atoms with Crippen LogP contribution in [0.4, 0.5) is 0 Å². The molecule has 0 aromatic heterocycles. The number of rotatable bonds is 6. The Morgan fingerprint density at radius 2 is 1.59 bits per heavy atom. The van der Waals surface area contributed by atoms with Crippen LogP contribution in [0.15, 0.2) is 0 Å². The third kappa shape index (κ3) is 2.91. The number of aliphatic hydroxyl groups excluding tert-OH is 1. The van der Waals surface area contributed by atoms with Gasteiger partial charge in [0.15, 0.2) is 0 Å². The minimum Gasteiger partial charge on any atom is -0.393 e. The second kappa shape index (κ2) is 7.73. The van der Waals surface area contributed by atoms with Crippen molar-refractivity contribution < 1.29 is 5.11 Å². The molecule has 2 spiro atoms. The van der Waals surface area contributed by atoms with E-state index >= 15 is 0 Å². The minimum absolute atomic E-state index is 0.0289. The standard InChI is InChI=1S/C31H54O/c1-8-23(20(2)3)10-9-21(4)24-13-15-29(7)27-12-11-25-22(5)26(32)14-16-30(25)19-31(27,30)18-17-28(24,29)6/h20-27,32H,8-19H2,1-7H3. The van der Waals surface area contributed by atoms with Gasteiger partial charge >= 0.3 is 0 Å². The van der Waals surface area contributed by atoms with E-state index in [9.17, 15) is 5.11 Å². The number of aliphatic hydroxyl groups is 1. The monoisotopic (exact) mass is 442 g/mol. The highest BCUT2D eigenvalue weighted by molar-refractivity contribution is 5.29. The summed E-state index contributed by atoms with van der Waals surface area (Å²) < 4.78 is 0. The van der Waals surface area contributed by atoms with Crippen molar-refractivity contribution in [2.24, 2.45) is 63.1 Å². The first kappa shape index (κ1) is 23.7. The Bertz CT molecular complexity index is 713. The van der Waals surface area contributed by atoms with E-state index in [0.717, 1.165) is 41.9 Å². The van der Waals surface area contributed by atoms with Gasteiger partial charge < -0.3 is 5.11 Å². The molecule has 5 aliphatic carbocycles. The predicted molar refractivity (Wildman–Crippen MR) is 135 cm³/mol. The van der Waals surface area contributed by atoms with Crippen molar-refractivity contribution in [1.82, 2.24) is 0 Å². The van der Waals surface area contributed by atoms with Crippen LogP contribution in [0.25, 0.3) is 0 Å². The number of fused-ring (bicyclic) bond motifs is 2. The quantitative estimate of drug-likeness (QED) is 0.437. The van der Waals surface area contributed by atoms with E-state index in [1.807, 2.05) is 0 Å². The van der Waals surface area contributed by atoms with E-state index in [0.29, 0.717) is 27.6 Å². The van der Waals surface area contributed by atoms with Crippen LogP contribution in [0.1, 0.15) is 126 Å². The lowest BCUT2D eigenvalue weighted by atomic mass is 9.43. The fourth-order valence-electron chi connectivity index (χ4n) is 11.7. The molecule has 0 bridgehead atoms. The zero-order valence-corrected chi connectivity index (χ0v) is 22.6. The van der Waals surface area contributed by atoms with Crippen molar-refractivity contribution in [1.29, 1.82) is 0 Å². The molecule has 11 atom stereocenters. The third-order valence-electron chi connectivity index (χ3n) is 13.9.